The van der Waals surface area contributed by atoms with Gasteiger partial charge in [-0.3, -0.25) is 14.6 Å². The monoisotopic (exact) mass is 313 g/mol. The maximum atomic E-state index is 12.9. The molecular weight excluding hydrogens is 302 g/mol. The summed E-state index contributed by atoms with van der Waals surface area (Å²) in [5.41, 5.74) is 1.69. The van der Waals surface area contributed by atoms with Gasteiger partial charge in [-0.2, -0.15) is 0 Å². The van der Waals surface area contributed by atoms with E-state index in [0.29, 0.717) is 10.9 Å². The number of pyridine rings is 3. The first kappa shape index (κ1) is 13.1. The van der Waals surface area contributed by atoms with Crippen molar-refractivity contribution in [2.24, 2.45) is 7.05 Å². The molecule has 0 spiro atoms. The van der Waals surface area contributed by atoms with Crippen LogP contribution in [0.4, 0.5) is 0 Å². The Balaban J connectivity index is 2.22. The van der Waals surface area contributed by atoms with E-state index in [1.807, 2.05) is 29.9 Å². The van der Waals surface area contributed by atoms with Crippen LogP contribution in [0.25, 0.3) is 43.5 Å². The van der Waals surface area contributed by atoms with Gasteiger partial charge in [0.2, 0.25) is 5.43 Å². The first-order valence-electron chi connectivity index (χ1n) is 7.57. The Labute approximate surface area is 135 Å². The van der Waals surface area contributed by atoms with Crippen LogP contribution in [0.2, 0.25) is 0 Å². The summed E-state index contributed by atoms with van der Waals surface area (Å²) in [6, 6.07) is 8.55. The molecular formula is C19H11N3O2. The Morgan fingerprint density at radius 3 is 2.67 bits per heavy atom. The van der Waals surface area contributed by atoms with Crippen LogP contribution in [0, 0.1) is 0 Å². The molecule has 5 aromatic rings. The molecule has 0 saturated carbocycles. The number of rotatable bonds is 0. The van der Waals surface area contributed by atoms with Crippen molar-refractivity contribution in [1.29, 1.82) is 0 Å². The molecule has 0 fully saturated rings. The Morgan fingerprint density at radius 1 is 0.917 bits per heavy atom. The third-order valence-corrected chi connectivity index (χ3v) is 4.49. The molecule has 3 aromatic heterocycles. The zero-order chi connectivity index (χ0) is 16.4. The lowest BCUT2D eigenvalue weighted by molar-refractivity contribution is 0.914. The van der Waals surface area contributed by atoms with Crippen molar-refractivity contribution >= 4 is 43.5 Å². The molecule has 2 aromatic carbocycles. The molecule has 0 aliphatic heterocycles. The van der Waals surface area contributed by atoms with Crippen molar-refractivity contribution in [2.45, 2.75) is 0 Å². The topological polar surface area (TPSA) is 64.8 Å². The minimum Gasteiger partial charge on any atom is -0.356 e. The van der Waals surface area contributed by atoms with Gasteiger partial charge in [-0.05, 0) is 35.7 Å². The first-order chi connectivity index (χ1) is 11.6. The Morgan fingerprint density at radius 2 is 1.79 bits per heavy atom. The van der Waals surface area contributed by atoms with Crippen LogP contribution < -0.4 is 10.9 Å². The van der Waals surface area contributed by atoms with Gasteiger partial charge in [0.05, 0.1) is 11.0 Å². The van der Waals surface area contributed by atoms with Crippen LogP contribution >= 0.6 is 0 Å². The Bertz CT molecular complexity index is 1400. The SMILES string of the molecule is Cn1ccc2c(c1)c(=O)c1nccc3c4cc(=O)ccc4nc2c13. The van der Waals surface area contributed by atoms with E-state index < -0.39 is 0 Å². The second-order valence-corrected chi connectivity index (χ2v) is 5.99. The molecule has 5 heteroatoms. The number of benzene rings is 2. The van der Waals surface area contributed by atoms with Crippen LogP contribution in [-0.2, 0) is 7.05 Å². The number of aryl methyl sites for hydroxylation is 1. The van der Waals surface area contributed by atoms with Crippen LogP contribution in [0.3, 0.4) is 0 Å². The average Bonchev–Trinajstić information content (AvgIpc) is 2.59. The third-order valence-electron chi connectivity index (χ3n) is 4.49. The van der Waals surface area contributed by atoms with E-state index in [2.05, 4.69) is 4.98 Å². The van der Waals surface area contributed by atoms with Gasteiger partial charge < -0.3 is 4.57 Å². The van der Waals surface area contributed by atoms with E-state index in [4.69, 9.17) is 4.98 Å². The maximum absolute atomic E-state index is 12.9. The van der Waals surface area contributed by atoms with E-state index >= 15 is 0 Å². The van der Waals surface area contributed by atoms with Gasteiger partial charge in [0.15, 0.2) is 5.43 Å². The summed E-state index contributed by atoms with van der Waals surface area (Å²) in [4.78, 5) is 33.7. The summed E-state index contributed by atoms with van der Waals surface area (Å²) >= 11 is 0. The van der Waals surface area contributed by atoms with Gasteiger partial charge in [-0.1, -0.05) is 0 Å². The predicted molar refractivity (Wildman–Crippen MR) is 94.8 cm³/mol. The molecule has 0 aliphatic carbocycles. The van der Waals surface area contributed by atoms with Crippen molar-refractivity contribution < 1.29 is 0 Å². The highest BCUT2D eigenvalue weighted by atomic mass is 16.1. The van der Waals surface area contributed by atoms with E-state index in [0.717, 1.165) is 32.6 Å². The largest absolute Gasteiger partial charge is 0.356 e. The lowest BCUT2D eigenvalue weighted by atomic mass is 9.99. The average molecular weight is 313 g/mol. The van der Waals surface area contributed by atoms with Crippen molar-refractivity contribution in [2.75, 3.05) is 0 Å². The predicted octanol–water partition coefficient (Wildman–Crippen LogP) is 2.59. The fourth-order valence-corrected chi connectivity index (χ4v) is 3.41. The summed E-state index contributed by atoms with van der Waals surface area (Å²) in [6.07, 6.45) is 5.31. The second kappa shape index (κ2) is 4.35. The van der Waals surface area contributed by atoms with E-state index in [9.17, 15) is 9.59 Å². The molecule has 5 nitrogen and oxygen atoms in total. The van der Waals surface area contributed by atoms with Gasteiger partial charge in [-0.15, -0.1) is 0 Å². The highest BCUT2D eigenvalue weighted by Gasteiger charge is 2.16. The van der Waals surface area contributed by atoms with Crippen molar-refractivity contribution in [3.05, 3.63) is 69.4 Å². The van der Waals surface area contributed by atoms with Crippen LogP contribution in [-0.4, -0.2) is 14.5 Å². The van der Waals surface area contributed by atoms with Gasteiger partial charge in [0, 0.05) is 47.2 Å². The lowest BCUT2D eigenvalue weighted by Crippen LogP contribution is -2.08. The summed E-state index contributed by atoms with van der Waals surface area (Å²) in [6.45, 7) is 0. The zero-order valence-corrected chi connectivity index (χ0v) is 12.8. The summed E-state index contributed by atoms with van der Waals surface area (Å²) in [7, 11) is 1.88. The highest BCUT2D eigenvalue weighted by Crippen LogP contribution is 2.32. The fraction of sp³-hybridized carbons (Fsp3) is 0.0526. The molecule has 5 rings (SSSR count). The van der Waals surface area contributed by atoms with Gasteiger partial charge in [0.1, 0.15) is 5.52 Å². The van der Waals surface area contributed by atoms with Gasteiger partial charge in [0.25, 0.3) is 0 Å². The first-order valence-corrected chi connectivity index (χ1v) is 7.57. The molecule has 0 aliphatic rings. The number of hydrogen-bond acceptors (Lipinski definition) is 4. The van der Waals surface area contributed by atoms with E-state index in [-0.39, 0.29) is 10.9 Å². The van der Waals surface area contributed by atoms with E-state index in [1.54, 1.807) is 24.5 Å². The van der Waals surface area contributed by atoms with Crippen molar-refractivity contribution in [3.8, 4) is 0 Å². The lowest BCUT2D eigenvalue weighted by Gasteiger charge is -2.10. The number of fused-ring (bicyclic) bond motifs is 4. The summed E-state index contributed by atoms with van der Waals surface area (Å²) in [5, 5.41) is 3.71. The zero-order valence-electron chi connectivity index (χ0n) is 12.8. The molecule has 0 bridgehead atoms. The molecule has 114 valence electrons. The quantitative estimate of drug-likeness (QED) is 0.325. The van der Waals surface area contributed by atoms with Crippen molar-refractivity contribution in [1.82, 2.24) is 14.5 Å². The molecule has 0 N–H and O–H groups in total. The molecule has 3 heterocycles. The smallest absolute Gasteiger partial charge is 0.214 e. The van der Waals surface area contributed by atoms with Gasteiger partial charge >= 0.3 is 0 Å². The third kappa shape index (κ3) is 1.58. The molecule has 0 atom stereocenters. The second-order valence-electron chi connectivity index (χ2n) is 5.99. The van der Waals surface area contributed by atoms with E-state index in [1.165, 1.54) is 6.07 Å². The molecule has 0 saturated heterocycles. The summed E-state index contributed by atoms with van der Waals surface area (Å²) in [5.74, 6) is 0. The minimum atomic E-state index is -0.112. The number of nitrogens with zero attached hydrogens (tertiary/aromatic N) is 3. The van der Waals surface area contributed by atoms with Crippen LogP contribution in [0.15, 0.2) is 58.5 Å². The molecule has 0 unspecified atom stereocenters. The maximum Gasteiger partial charge on any atom is 0.214 e. The Kier molecular flexibility index (Phi) is 2.38. The van der Waals surface area contributed by atoms with Crippen LogP contribution in [0.5, 0.6) is 0 Å². The Hall–Kier alpha value is -3.34. The fourth-order valence-electron chi connectivity index (χ4n) is 3.41. The standard InChI is InChI=1S/C19H11N3O2/c1-22-7-5-12-14(9-22)19(24)18-16-11(4-6-20-18)13-8-10(23)2-3-15(13)21-17(12)16/h2-9H,1H3. The molecule has 0 radical (unpaired) electrons. The van der Waals surface area contributed by atoms with Crippen LogP contribution in [0.1, 0.15) is 0 Å². The number of hydrogen-bond donors (Lipinski definition) is 0. The van der Waals surface area contributed by atoms with Gasteiger partial charge in [-0.25, -0.2) is 4.98 Å². The minimum absolute atomic E-state index is 0.0764. The molecule has 0 amide bonds. The molecule has 24 heavy (non-hydrogen) atoms. The summed E-state index contributed by atoms with van der Waals surface area (Å²) < 4.78 is 1.84. The van der Waals surface area contributed by atoms with Crippen molar-refractivity contribution in [3.63, 3.8) is 0 Å². The number of aromatic nitrogens is 3. The highest BCUT2D eigenvalue weighted by molar-refractivity contribution is 6.24. The normalized spacial score (nSPS) is 11.9.